The lowest BCUT2D eigenvalue weighted by molar-refractivity contribution is 0.535. The van der Waals surface area contributed by atoms with E-state index in [1.54, 1.807) is 0 Å². The van der Waals surface area contributed by atoms with Crippen LogP contribution in [0.1, 0.15) is 31.4 Å². The number of hydrogen-bond donors (Lipinski definition) is 1. The summed E-state index contributed by atoms with van der Waals surface area (Å²) in [5, 5.41) is 5.71. The lowest BCUT2D eigenvalue weighted by Crippen LogP contribution is -2.24. The molecule has 120 valence electrons. The van der Waals surface area contributed by atoms with Gasteiger partial charge in [0.25, 0.3) is 0 Å². The molecule has 0 fully saturated rings. The zero-order valence-electron chi connectivity index (χ0n) is 13.7. The van der Waals surface area contributed by atoms with E-state index in [9.17, 15) is 0 Å². The molecule has 1 N–H and O–H groups in total. The first-order valence-electron chi connectivity index (χ1n) is 8.22. The Labute approximate surface area is 143 Å². The Morgan fingerprint density at radius 2 is 1.96 bits per heavy atom. The molecule has 3 aromatic rings. The molecule has 1 aromatic heterocycles. The van der Waals surface area contributed by atoms with Crippen LogP contribution in [0.25, 0.3) is 10.9 Å². The summed E-state index contributed by atoms with van der Waals surface area (Å²) in [6.07, 6.45) is 3.40. The summed E-state index contributed by atoms with van der Waals surface area (Å²) < 4.78 is 2.31. The summed E-state index contributed by atoms with van der Waals surface area (Å²) in [6.45, 7) is 6.17. The third kappa shape index (κ3) is 3.77. The lowest BCUT2D eigenvalue weighted by Gasteiger charge is -2.10. The fraction of sp³-hybridized carbons (Fsp3) is 0.300. The van der Waals surface area contributed by atoms with E-state index < -0.39 is 0 Å². The van der Waals surface area contributed by atoms with Crippen molar-refractivity contribution in [3.05, 3.63) is 70.9 Å². The molecule has 2 aromatic carbocycles. The minimum Gasteiger partial charge on any atom is -0.343 e. The van der Waals surface area contributed by atoms with Gasteiger partial charge in [0.2, 0.25) is 0 Å². The summed E-state index contributed by atoms with van der Waals surface area (Å²) in [5.74, 6) is 0. The molecule has 0 amide bonds. The SMILES string of the molecule is CC[C@H](C)NCc1cn(Cc2cccc(Cl)c2)c2ccccc12. The first kappa shape index (κ1) is 16.1. The molecule has 23 heavy (non-hydrogen) atoms. The third-order valence-corrected chi connectivity index (χ3v) is 4.60. The average molecular weight is 327 g/mol. The van der Waals surface area contributed by atoms with E-state index in [1.807, 2.05) is 18.2 Å². The molecule has 2 nitrogen and oxygen atoms in total. The molecule has 0 radical (unpaired) electrons. The van der Waals surface area contributed by atoms with Gasteiger partial charge in [0.05, 0.1) is 0 Å². The van der Waals surface area contributed by atoms with Crippen molar-refractivity contribution in [1.29, 1.82) is 0 Å². The molecule has 3 rings (SSSR count). The second-order valence-electron chi connectivity index (χ2n) is 6.12. The largest absolute Gasteiger partial charge is 0.343 e. The van der Waals surface area contributed by atoms with Crippen molar-refractivity contribution in [2.45, 2.75) is 39.4 Å². The predicted molar refractivity (Wildman–Crippen MR) is 99.1 cm³/mol. The van der Waals surface area contributed by atoms with E-state index in [2.05, 4.69) is 60.3 Å². The van der Waals surface area contributed by atoms with Gasteiger partial charge >= 0.3 is 0 Å². The summed E-state index contributed by atoms with van der Waals surface area (Å²) >= 11 is 6.12. The highest BCUT2D eigenvalue weighted by atomic mass is 35.5. The average Bonchev–Trinajstić information content (AvgIpc) is 2.91. The van der Waals surface area contributed by atoms with Crippen LogP contribution in [0.5, 0.6) is 0 Å². The van der Waals surface area contributed by atoms with Gasteiger partial charge in [0.1, 0.15) is 0 Å². The monoisotopic (exact) mass is 326 g/mol. The molecule has 0 bridgehead atoms. The molecule has 0 aliphatic heterocycles. The van der Waals surface area contributed by atoms with Crippen LogP contribution >= 0.6 is 11.6 Å². The van der Waals surface area contributed by atoms with E-state index in [0.717, 1.165) is 24.5 Å². The number of para-hydroxylation sites is 1. The Morgan fingerprint density at radius 3 is 2.74 bits per heavy atom. The molecule has 0 aliphatic carbocycles. The van der Waals surface area contributed by atoms with Crippen LogP contribution < -0.4 is 5.32 Å². The molecule has 0 spiro atoms. The molecule has 3 heteroatoms. The van der Waals surface area contributed by atoms with E-state index in [-0.39, 0.29) is 0 Å². The van der Waals surface area contributed by atoms with Gasteiger partial charge in [-0.3, -0.25) is 0 Å². The lowest BCUT2D eigenvalue weighted by atomic mass is 10.1. The number of aromatic nitrogens is 1. The van der Waals surface area contributed by atoms with Gasteiger partial charge in [0, 0.05) is 41.3 Å². The minimum absolute atomic E-state index is 0.532. The van der Waals surface area contributed by atoms with Crippen LogP contribution in [0, 0.1) is 0 Å². The normalized spacial score (nSPS) is 12.7. The Kier molecular flexibility index (Phi) is 5.04. The highest BCUT2D eigenvalue weighted by Crippen LogP contribution is 2.23. The minimum atomic E-state index is 0.532. The molecular formula is C20H23ClN2. The van der Waals surface area contributed by atoms with Crippen LogP contribution in [0.2, 0.25) is 5.02 Å². The van der Waals surface area contributed by atoms with Crippen molar-refractivity contribution in [2.75, 3.05) is 0 Å². The van der Waals surface area contributed by atoms with Crippen LogP contribution in [0.15, 0.2) is 54.7 Å². The first-order chi connectivity index (χ1) is 11.2. The summed E-state index contributed by atoms with van der Waals surface area (Å²) in [5.41, 5.74) is 3.84. The van der Waals surface area contributed by atoms with Gasteiger partial charge in [-0.25, -0.2) is 0 Å². The molecule has 1 atom stereocenters. The molecule has 0 unspecified atom stereocenters. The maximum Gasteiger partial charge on any atom is 0.0486 e. The first-order valence-corrected chi connectivity index (χ1v) is 8.59. The van der Waals surface area contributed by atoms with Crippen molar-refractivity contribution >= 4 is 22.5 Å². The number of nitrogens with zero attached hydrogens (tertiary/aromatic N) is 1. The molecule has 1 heterocycles. The maximum atomic E-state index is 6.12. The van der Waals surface area contributed by atoms with Crippen molar-refractivity contribution in [3.63, 3.8) is 0 Å². The quantitative estimate of drug-likeness (QED) is 0.656. The summed E-state index contributed by atoms with van der Waals surface area (Å²) in [7, 11) is 0. The zero-order valence-corrected chi connectivity index (χ0v) is 14.5. The van der Waals surface area contributed by atoms with Crippen molar-refractivity contribution in [2.24, 2.45) is 0 Å². The van der Waals surface area contributed by atoms with Crippen LogP contribution in [-0.2, 0) is 13.1 Å². The summed E-state index contributed by atoms with van der Waals surface area (Å²) in [6, 6.07) is 17.2. The van der Waals surface area contributed by atoms with Crippen LogP contribution in [-0.4, -0.2) is 10.6 Å². The zero-order chi connectivity index (χ0) is 16.2. The second kappa shape index (κ2) is 7.20. The molecule has 0 aliphatic rings. The second-order valence-corrected chi connectivity index (χ2v) is 6.56. The fourth-order valence-electron chi connectivity index (χ4n) is 2.86. The number of hydrogen-bond acceptors (Lipinski definition) is 1. The van der Waals surface area contributed by atoms with Gasteiger partial charge < -0.3 is 9.88 Å². The van der Waals surface area contributed by atoms with Crippen molar-refractivity contribution < 1.29 is 0 Å². The maximum absolute atomic E-state index is 6.12. The standard InChI is InChI=1S/C20H23ClN2/c1-3-15(2)22-12-17-14-23(20-10-5-4-9-19(17)20)13-16-7-6-8-18(21)11-16/h4-11,14-15,22H,3,12-13H2,1-2H3/t15-/m0/s1. The smallest absolute Gasteiger partial charge is 0.0486 e. The van der Waals surface area contributed by atoms with Gasteiger partial charge in [-0.15, -0.1) is 0 Å². The Bertz CT molecular complexity index is 791. The number of benzene rings is 2. The van der Waals surface area contributed by atoms with E-state index in [0.29, 0.717) is 6.04 Å². The van der Waals surface area contributed by atoms with E-state index in [4.69, 9.17) is 11.6 Å². The Hall–Kier alpha value is -1.77. The van der Waals surface area contributed by atoms with Crippen LogP contribution in [0.3, 0.4) is 0 Å². The molecular weight excluding hydrogens is 304 g/mol. The van der Waals surface area contributed by atoms with Crippen molar-refractivity contribution in [3.8, 4) is 0 Å². The molecule has 0 saturated heterocycles. The number of rotatable bonds is 6. The van der Waals surface area contributed by atoms with Crippen molar-refractivity contribution in [1.82, 2.24) is 9.88 Å². The summed E-state index contributed by atoms with van der Waals surface area (Å²) in [4.78, 5) is 0. The van der Waals surface area contributed by atoms with E-state index >= 15 is 0 Å². The Morgan fingerprint density at radius 1 is 1.13 bits per heavy atom. The van der Waals surface area contributed by atoms with Gasteiger partial charge in [-0.2, -0.15) is 0 Å². The number of halogens is 1. The fourth-order valence-corrected chi connectivity index (χ4v) is 3.07. The van der Waals surface area contributed by atoms with Gasteiger partial charge in [0.15, 0.2) is 0 Å². The third-order valence-electron chi connectivity index (χ3n) is 4.37. The predicted octanol–water partition coefficient (Wildman–Crippen LogP) is 5.23. The molecule has 0 saturated carbocycles. The topological polar surface area (TPSA) is 17.0 Å². The Balaban J connectivity index is 1.91. The van der Waals surface area contributed by atoms with Gasteiger partial charge in [-0.1, -0.05) is 48.9 Å². The highest BCUT2D eigenvalue weighted by Gasteiger charge is 2.09. The van der Waals surface area contributed by atoms with Gasteiger partial charge in [-0.05, 0) is 42.7 Å². The number of fused-ring (bicyclic) bond motifs is 1. The van der Waals surface area contributed by atoms with E-state index in [1.165, 1.54) is 22.0 Å². The number of nitrogens with one attached hydrogen (secondary N) is 1. The van der Waals surface area contributed by atoms with Crippen LogP contribution in [0.4, 0.5) is 0 Å². The highest BCUT2D eigenvalue weighted by molar-refractivity contribution is 6.30.